The second kappa shape index (κ2) is 4.40. The molecule has 1 aliphatic rings. The molecule has 1 aliphatic heterocycles. The number of aryl methyl sites for hydroxylation is 1. The van der Waals surface area contributed by atoms with Crippen molar-refractivity contribution in [2.75, 3.05) is 18.0 Å². The van der Waals surface area contributed by atoms with Crippen LogP contribution in [0.1, 0.15) is 32.0 Å². The smallest absolute Gasteiger partial charge is 0.106 e. The van der Waals surface area contributed by atoms with Gasteiger partial charge in [-0.25, -0.2) is 4.98 Å². The quantitative estimate of drug-likeness (QED) is 0.858. The van der Waals surface area contributed by atoms with Crippen molar-refractivity contribution in [2.24, 2.45) is 0 Å². The van der Waals surface area contributed by atoms with Crippen LogP contribution >= 0.6 is 0 Å². The number of piperidine rings is 1. The second-order valence-corrected chi connectivity index (χ2v) is 4.79. The van der Waals surface area contributed by atoms with Gasteiger partial charge in [-0.1, -0.05) is 6.92 Å². The summed E-state index contributed by atoms with van der Waals surface area (Å²) < 4.78 is 0. The Labute approximate surface area is 102 Å². The number of nitrogens with one attached hydrogen (secondary N) is 1. The van der Waals surface area contributed by atoms with Gasteiger partial charge in [0.2, 0.25) is 0 Å². The molecule has 3 heteroatoms. The second-order valence-electron chi connectivity index (χ2n) is 4.79. The van der Waals surface area contributed by atoms with Gasteiger partial charge in [-0.15, -0.1) is 0 Å². The Balaban J connectivity index is 1.94. The summed E-state index contributed by atoms with van der Waals surface area (Å²) in [6.45, 7) is 4.52. The largest absolute Gasteiger partial charge is 0.371 e. The first-order valence-corrected chi connectivity index (χ1v) is 6.60. The number of imidazole rings is 1. The van der Waals surface area contributed by atoms with E-state index in [9.17, 15) is 0 Å². The minimum absolute atomic E-state index is 0.966. The molecule has 0 saturated carbocycles. The van der Waals surface area contributed by atoms with Gasteiger partial charge in [-0.2, -0.15) is 0 Å². The zero-order valence-electron chi connectivity index (χ0n) is 10.4. The summed E-state index contributed by atoms with van der Waals surface area (Å²) in [4.78, 5) is 10.4. The fourth-order valence-corrected chi connectivity index (χ4v) is 2.57. The topological polar surface area (TPSA) is 31.9 Å². The van der Waals surface area contributed by atoms with Crippen LogP contribution in [-0.4, -0.2) is 23.1 Å². The zero-order valence-corrected chi connectivity index (χ0v) is 10.4. The Kier molecular flexibility index (Phi) is 2.75. The number of aromatic nitrogens is 2. The van der Waals surface area contributed by atoms with Gasteiger partial charge in [0.1, 0.15) is 5.82 Å². The molecule has 0 amide bonds. The van der Waals surface area contributed by atoms with Crippen LogP contribution in [0.3, 0.4) is 0 Å². The highest BCUT2D eigenvalue weighted by Crippen LogP contribution is 2.23. The Bertz CT molecular complexity index is 509. The molecule has 0 aliphatic carbocycles. The number of aromatic amines is 1. The van der Waals surface area contributed by atoms with Gasteiger partial charge in [0.05, 0.1) is 11.0 Å². The van der Waals surface area contributed by atoms with E-state index in [0.717, 1.165) is 17.8 Å². The number of rotatable bonds is 2. The number of hydrogen-bond donors (Lipinski definition) is 1. The lowest BCUT2D eigenvalue weighted by Gasteiger charge is -2.28. The van der Waals surface area contributed by atoms with Gasteiger partial charge < -0.3 is 9.88 Å². The lowest BCUT2D eigenvalue weighted by atomic mass is 10.1. The first-order chi connectivity index (χ1) is 8.36. The molecule has 1 aromatic carbocycles. The number of H-pyrrole nitrogens is 1. The minimum Gasteiger partial charge on any atom is -0.371 e. The first kappa shape index (κ1) is 10.6. The van der Waals surface area contributed by atoms with Crippen molar-refractivity contribution in [1.29, 1.82) is 0 Å². The Morgan fingerprint density at radius 1 is 1.24 bits per heavy atom. The number of nitrogens with zero attached hydrogens (tertiary/aromatic N) is 2. The number of fused-ring (bicyclic) bond motifs is 1. The van der Waals surface area contributed by atoms with Crippen LogP contribution < -0.4 is 4.90 Å². The lowest BCUT2D eigenvalue weighted by Crippen LogP contribution is -2.29. The molecule has 1 N–H and O–H groups in total. The molecular weight excluding hydrogens is 210 g/mol. The summed E-state index contributed by atoms with van der Waals surface area (Å²) in [5.74, 6) is 1.08. The predicted octanol–water partition coefficient (Wildman–Crippen LogP) is 3.12. The third-order valence-corrected chi connectivity index (χ3v) is 3.57. The summed E-state index contributed by atoms with van der Waals surface area (Å²) in [6.07, 6.45) is 4.99. The van der Waals surface area contributed by atoms with E-state index in [4.69, 9.17) is 0 Å². The first-order valence-electron chi connectivity index (χ1n) is 6.60. The lowest BCUT2D eigenvalue weighted by molar-refractivity contribution is 0.578. The SMILES string of the molecule is CCc1nc2ccc(N3CCCCC3)cc2[nH]1. The third-order valence-electron chi connectivity index (χ3n) is 3.57. The number of hydrogen-bond acceptors (Lipinski definition) is 2. The van der Waals surface area contributed by atoms with Gasteiger partial charge in [0.25, 0.3) is 0 Å². The predicted molar refractivity (Wildman–Crippen MR) is 71.5 cm³/mol. The monoisotopic (exact) mass is 229 g/mol. The average molecular weight is 229 g/mol. The molecule has 90 valence electrons. The van der Waals surface area contributed by atoms with Gasteiger partial charge in [0, 0.05) is 25.2 Å². The minimum atomic E-state index is 0.966. The summed E-state index contributed by atoms with van der Waals surface area (Å²) in [7, 11) is 0. The standard InChI is InChI=1S/C14H19N3/c1-2-14-15-12-7-6-11(10-13(12)16-14)17-8-4-3-5-9-17/h6-7,10H,2-5,8-9H2,1H3,(H,15,16). The summed E-state index contributed by atoms with van der Waals surface area (Å²) in [6, 6.07) is 6.58. The molecule has 3 rings (SSSR count). The molecule has 0 radical (unpaired) electrons. The van der Waals surface area contributed by atoms with Crippen molar-refractivity contribution in [3.05, 3.63) is 24.0 Å². The molecule has 3 nitrogen and oxygen atoms in total. The van der Waals surface area contributed by atoms with Crippen LogP contribution in [0.25, 0.3) is 11.0 Å². The van der Waals surface area contributed by atoms with Crippen LogP contribution in [0.5, 0.6) is 0 Å². The van der Waals surface area contributed by atoms with Gasteiger partial charge in [-0.05, 0) is 37.5 Å². The molecule has 17 heavy (non-hydrogen) atoms. The molecule has 2 heterocycles. The van der Waals surface area contributed by atoms with E-state index in [-0.39, 0.29) is 0 Å². The van der Waals surface area contributed by atoms with E-state index < -0.39 is 0 Å². The van der Waals surface area contributed by atoms with Crippen LogP contribution in [0.2, 0.25) is 0 Å². The molecule has 0 spiro atoms. The van der Waals surface area contributed by atoms with Crippen LogP contribution in [-0.2, 0) is 6.42 Å². The Hall–Kier alpha value is -1.51. The number of anilines is 1. The van der Waals surface area contributed by atoms with E-state index in [2.05, 4.69) is 40.0 Å². The van der Waals surface area contributed by atoms with Gasteiger partial charge in [-0.3, -0.25) is 0 Å². The highest BCUT2D eigenvalue weighted by Gasteiger charge is 2.11. The van der Waals surface area contributed by atoms with E-state index in [0.29, 0.717) is 0 Å². The highest BCUT2D eigenvalue weighted by molar-refractivity contribution is 5.79. The highest BCUT2D eigenvalue weighted by atomic mass is 15.1. The normalized spacial score (nSPS) is 16.6. The third kappa shape index (κ3) is 2.02. The average Bonchev–Trinajstić information content (AvgIpc) is 2.81. The van der Waals surface area contributed by atoms with Crippen LogP contribution in [0.15, 0.2) is 18.2 Å². The fourth-order valence-electron chi connectivity index (χ4n) is 2.57. The van der Waals surface area contributed by atoms with E-state index in [1.807, 2.05) is 0 Å². The molecule has 0 unspecified atom stereocenters. The maximum atomic E-state index is 4.54. The van der Waals surface area contributed by atoms with Crippen molar-refractivity contribution < 1.29 is 0 Å². The summed E-state index contributed by atoms with van der Waals surface area (Å²) in [5, 5.41) is 0. The molecule has 1 aromatic heterocycles. The van der Waals surface area contributed by atoms with Crippen molar-refractivity contribution >= 4 is 16.7 Å². The van der Waals surface area contributed by atoms with Gasteiger partial charge >= 0.3 is 0 Å². The zero-order chi connectivity index (χ0) is 11.7. The van der Waals surface area contributed by atoms with Crippen molar-refractivity contribution in [1.82, 2.24) is 9.97 Å². The fraction of sp³-hybridized carbons (Fsp3) is 0.500. The summed E-state index contributed by atoms with van der Waals surface area (Å²) >= 11 is 0. The van der Waals surface area contributed by atoms with E-state index in [1.54, 1.807) is 0 Å². The molecular formula is C14H19N3. The van der Waals surface area contributed by atoms with Crippen LogP contribution in [0.4, 0.5) is 5.69 Å². The van der Waals surface area contributed by atoms with Gasteiger partial charge in [0.15, 0.2) is 0 Å². The van der Waals surface area contributed by atoms with Crippen molar-refractivity contribution in [2.45, 2.75) is 32.6 Å². The molecule has 2 aromatic rings. The maximum absolute atomic E-state index is 4.54. The van der Waals surface area contributed by atoms with E-state index in [1.165, 1.54) is 43.6 Å². The van der Waals surface area contributed by atoms with Crippen molar-refractivity contribution in [3.8, 4) is 0 Å². The molecule has 0 bridgehead atoms. The Morgan fingerprint density at radius 3 is 2.82 bits per heavy atom. The summed E-state index contributed by atoms with van der Waals surface area (Å²) in [5.41, 5.74) is 3.59. The molecule has 0 atom stereocenters. The van der Waals surface area contributed by atoms with Crippen molar-refractivity contribution in [3.63, 3.8) is 0 Å². The van der Waals surface area contributed by atoms with E-state index >= 15 is 0 Å². The number of benzene rings is 1. The molecule has 1 saturated heterocycles. The van der Waals surface area contributed by atoms with Crippen LogP contribution in [0, 0.1) is 0 Å². The Morgan fingerprint density at radius 2 is 2.06 bits per heavy atom. The maximum Gasteiger partial charge on any atom is 0.106 e. The molecule has 1 fully saturated rings.